The van der Waals surface area contributed by atoms with Crippen LogP contribution < -0.4 is 10.4 Å². The number of allylic oxidation sites excluding steroid dienone is 1. The molecule has 0 amide bonds. The standard InChI is InChI=1S/C35H46O7Si/c1-34(2,3)43(27-13-8-6-9-14-27,28-15-10-7-11-16-28)41-20-19-35-21-26(22-39-24-37-4)30(23-40-25-38-5)29-17-12-18-31(35)32(29)42-33(35)36/h6-11,13-16,18,29,32H,12,17,19-25H2,1-5H3/t29-,32?,35-/m1/s1. The number of hydrogen-bond acceptors (Lipinski definition) is 7. The Bertz CT molecular complexity index is 1260. The van der Waals surface area contributed by atoms with Gasteiger partial charge in [0, 0.05) is 26.7 Å². The molecule has 2 aliphatic carbocycles. The molecule has 0 aromatic heterocycles. The third kappa shape index (κ3) is 6.06. The van der Waals surface area contributed by atoms with Crippen molar-refractivity contribution in [2.24, 2.45) is 11.3 Å². The zero-order chi connectivity index (χ0) is 30.5. The van der Waals surface area contributed by atoms with Gasteiger partial charge in [0.15, 0.2) is 0 Å². The van der Waals surface area contributed by atoms with Crippen LogP contribution in [0.2, 0.25) is 5.04 Å². The first-order valence-corrected chi connectivity index (χ1v) is 17.2. The van der Waals surface area contributed by atoms with Gasteiger partial charge in [-0.15, -0.1) is 0 Å². The highest BCUT2D eigenvalue weighted by Crippen LogP contribution is 2.56. The van der Waals surface area contributed by atoms with Gasteiger partial charge in [0.2, 0.25) is 0 Å². The van der Waals surface area contributed by atoms with Crippen molar-refractivity contribution in [1.82, 2.24) is 0 Å². The maximum atomic E-state index is 14.0. The van der Waals surface area contributed by atoms with Gasteiger partial charge in [-0.1, -0.05) is 87.5 Å². The summed E-state index contributed by atoms with van der Waals surface area (Å²) in [6.07, 6.45) is 4.81. The zero-order valence-electron chi connectivity index (χ0n) is 26.2. The molecular formula is C35H46O7Si. The van der Waals surface area contributed by atoms with Crippen LogP contribution in [0.1, 0.15) is 46.5 Å². The van der Waals surface area contributed by atoms with Crippen LogP contribution in [0.3, 0.4) is 0 Å². The minimum Gasteiger partial charge on any atom is -0.456 e. The Balaban J connectivity index is 1.52. The van der Waals surface area contributed by atoms with Crippen molar-refractivity contribution in [2.75, 3.05) is 47.6 Å². The fourth-order valence-electron chi connectivity index (χ4n) is 7.44. The second-order valence-electron chi connectivity index (χ2n) is 12.8. The van der Waals surface area contributed by atoms with E-state index in [0.717, 1.165) is 29.6 Å². The van der Waals surface area contributed by atoms with E-state index in [-0.39, 0.29) is 36.6 Å². The Kier molecular flexibility index (Phi) is 10.1. The fourth-order valence-corrected chi connectivity index (χ4v) is 12.0. The Morgan fingerprint density at radius 2 is 1.51 bits per heavy atom. The number of carbonyl (C=O) groups excluding carboxylic acids is 1. The highest BCUT2D eigenvalue weighted by molar-refractivity contribution is 6.99. The SMILES string of the molecule is COCOCC1=C(COCOC)[C@H]2CCC=C3C2OC(=O)[C@]3(CCO[Si](c2ccccc2)(c2ccccc2)C(C)(C)C)C1. The van der Waals surface area contributed by atoms with Gasteiger partial charge in [0.05, 0.1) is 18.6 Å². The quantitative estimate of drug-likeness (QED) is 0.0970. The predicted octanol–water partition coefficient (Wildman–Crippen LogP) is 5.14. The van der Waals surface area contributed by atoms with Crippen LogP contribution in [-0.4, -0.2) is 68.0 Å². The molecule has 0 saturated carbocycles. The number of carbonyl (C=O) groups is 1. The van der Waals surface area contributed by atoms with Gasteiger partial charge in [0.1, 0.15) is 19.7 Å². The minimum absolute atomic E-state index is 0.0592. The van der Waals surface area contributed by atoms with E-state index in [4.69, 9.17) is 28.1 Å². The molecule has 0 N–H and O–H groups in total. The molecule has 0 spiro atoms. The van der Waals surface area contributed by atoms with E-state index < -0.39 is 13.7 Å². The molecule has 1 fully saturated rings. The molecule has 3 aliphatic rings. The van der Waals surface area contributed by atoms with Gasteiger partial charge in [-0.3, -0.25) is 4.79 Å². The van der Waals surface area contributed by atoms with Crippen LogP contribution in [0.5, 0.6) is 0 Å². The third-order valence-electron chi connectivity index (χ3n) is 9.31. The molecule has 43 heavy (non-hydrogen) atoms. The maximum absolute atomic E-state index is 14.0. The molecule has 4 bridgehead atoms. The monoisotopic (exact) mass is 606 g/mol. The lowest BCUT2D eigenvalue weighted by atomic mass is 9.71. The van der Waals surface area contributed by atoms with E-state index in [1.165, 1.54) is 10.4 Å². The lowest BCUT2D eigenvalue weighted by molar-refractivity contribution is -0.151. The molecule has 1 aliphatic heterocycles. The largest absolute Gasteiger partial charge is 0.456 e. The molecule has 0 radical (unpaired) electrons. The van der Waals surface area contributed by atoms with Gasteiger partial charge >= 0.3 is 5.97 Å². The summed E-state index contributed by atoms with van der Waals surface area (Å²) in [5.41, 5.74) is 2.55. The van der Waals surface area contributed by atoms with Crippen molar-refractivity contribution in [2.45, 2.75) is 57.6 Å². The Morgan fingerprint density at radius 1 is 0.907 bits per heavy atom. The van der Waals surface area contributed by atoms with E-state index in [2.05, 4.69) is 87.5 Å². The highest BCUT2D eigenvalue weighted by atomic mass is 28.4. The maximum Gasteiger partial charge on any atom is 0.317 e. The molecule has 232 valence electrons. The number of esters is 1. The fraction of sp³-hybridized carbons (Fsp3) is 0.514. The molecule has 1 saturated heterocycles. The zero-order valence-corrected chi connectivity index (χ0v) is 27.2. The average Bonchev–Trinajstić information content (AvgIpc) is 3.26. The van der Waals surface area contributed by atoms with Crippen molar-refractivity contribution in [3.63, 3.8) is 0 Å². The van der Waals surface area contributed by atoms with Crippen LogP contribution in [0, 0.1) is 11.3 Å². The predicted molar refractivity (Wildman–Crippen MR) is 169 cm³/mol. The molecule has 1 heterocycles. The summed E-state index contributed by atoms with van der Waals surface area (Å²) in [4.78, 5) is 14.0. The summed E-state index contributed by atoms with van der Waals surface area (Å²) in [5.74, 6) is -0.0910. The number of benzene rings is 2. The summed E-state index contributed by atoms with van der Waals surface area (Å²) >= 11 is 0. The summed E-state index contributed by atoms with van der Waals surface area (Å²) in [6.45, 7) is 8.43. The van der Waals surface area contributed by atoms with Crippen LogP contribution in [-0.2, 0) is 32.9 Å². The number of hydrogen-bond donors (Lipinski definition) is 0. The topological polar surface area (TPSA) is 72.5 Å². The van der Waals surface area contributed by atoms with Crippen molar-refractivity contribution in [1.29, 1.82) is 0 Å². The van der Waals surface area contributed by atoms with Gasteiger partial charge in [-0.05, 0) is 57.8 Å². The summed E-state index contributed by atoms with van der Waals surface area (Å²) in [7, 11) is 0.468. The van der Waals surface area contributed by atoms with E-state index >= 15 is 0 Å². The van der Waals surface area contributed by atoms with E-state index in [1.807, 2.05) is 0 Å². The molecular weight excluding hydrogens is 560 g/mol. The smallest absolute Gasteiger partial charge is 0.317 e. The normalized spacial score (nSPS) is 23.7. The molecule has 5 rings (SSSR count). The van der Waals surface area contributed by atoms with Crippen LogP contribution in [0.4, 0.5) is 0 Å². The number of rotatable bonds is 14. The second-order valence-corrected chi connectivity index (χ2v) is 17.1. The molecule has 2 aromatic carbocycles. The first-order valence-electron chi connectivity index (χ1n) is 15.3. The Labute approximate surface area is 257 Å². The van der Waals surface area contributed by atoms with Crippen molar-refractivity contribution in [3.8, 4) is 0 Å². The Morgan fingerprint density at radius 3 is 2.09 bits per heavy atom. The molecule has 3 atom stereocenters. The highest BCUT2D eigenvalue weighted by Gasteiger charge is 2.59. The second kappa shape index (κ2) is 13.6. The van der Waals surface area contributed by atoms with Gasteiger partial charge in [-0.2, -0.15) is 0 Å². The number of methoxy groups -OCH3 is 2. The van der Waals surface area contributed by atoms with Crippen molar-refractivity contribution in [3.05, 3.63) is 83.5 Å². The summed E-state index contributed by atoms with van der Waals surface area (Å²) in [5, 5.41) is 2.29. The van der Waals surface area contributed by atoms with Crippen molar-refractivity contribution < 1.29 is 32.9 Å². The lowest BCUT2D eigenvalue weighted by Gasteiger charge is -2.43. The van der Waals surface area contributed by atoms with Crippen LogP contribution >= 0.6 is 0 Å². The summed E-state index contributed by atoms with van der Waals surface area (Å²) < 4.78 is 35.7. The average molecular weight is 607 g/mol. The van der Waals surface area contributed by atoms with E-state index in [1.54, 1.807) is 14.2 Å². The minimum atomic E-state index is -2.77. The van der Waals surface area contributed by atoms with Crippen molar-refractivity contribution >= 4 is 24.7 Å². The molecule has 1 unspecified atom stereocenters. The van der Waals surface area contributed by atoms with E-state index in [9.17, 15) is 4.79 Å². The first-order chi connectivity index (χ1) is 20.8. The van der Waals surface area contributed by atoms with Crippen LogP contribution in [0.25, 0.3) is 0 Å². The summed E-state index contributed by atoms with van der Waals surface area (Å²) in [6, 6.07) is 21.3. The molecule has 8 heteroatoms. The van der Waals surface area contributed by atoms with Gasteiger partial charge < -0.3 is 28.1 Å². The Hall–Kier alpha value is -2.59. The molecule has 2 aromatic rings. The first kappa shape index (κ1) is 31.8. The van der Waals surface area contributed by atoms with Gasteiger partial charge in [0.25, 0.3) is 8.32 Å². The third-order valence-corrected chi connectivity index (χ3v) is 14.4. The van der Waals surface area contributed by atoms with Crippen LogP contribution in [0.15, 0.2) is 83.5 Å². The van der Waals surface area contributed by atoms with Gasteiger partial charge in [-0.25, -0.2) is 0 Å². The number of ether oxygens (including phenoxy) is 5. The molecule has 7 nitrogen and oxygen atoms in total. The van der Waals surface area contributed by atoms with E-state index in [0.29, 0.717) is 32.7 Å². The lowest BCUT2D eigenvalue weighted by Crippen LogP contribution is -2.66.